The van der Waals surface area contributed by atoms with E-state index in [2.05, 4.69) is 4.98 Å². The van der Waals surface area contributed by atoms with E-state index >= 15 is 0 Å². The van der Waals surface area contributed by atoms with Crippen LogP contribution < -0.4 is 0 Å². The van der Waals surface area contributed by atoms with E-state index in [1.54, 1.807) is 12.5 Å². The number of hydrogen-bond acceptors (Lipinski definition) is 3. The van der Waals surface area contributed by atoms with Crippen molar-refractivity contribution in [3.05, 3.63) is 72.0 Å². The molecule has 0 radical (unpaired) electrons. The molecule has 0 amide bonds. The van der Waals surface area contributed by atoms with Gasteiger partial charge in [0.15, 0.2) is 4.90 Å². The second-order valence-electron chi connectivity index (χ2n) is 5.58. The molecule has 0 spiro atoms. The van der Waals surface area contributed by atoms with Crippen LogP contribution in [0.1, 0.15) is 0 Å². The number of rotatable bonds is 3. The summed E-state index contributed by atoms with van der Waals surface area (Å²) in [4.78, 5) is 9.84. The fourth-order valence-corrected chi connectivity index (χ4v) is 3.42. The number of nitrogens with zero attached hydrogens (tertiary/aromatic N) is 3. The van der Waals surface area contributed by atoms with Gasteiger partial charge in [-0.1, -0.05) is 23.7 Å². The number of halogens is 1. The van der Waals surface area contributed by atoms with Crippen LogP contribution in [-0.4, -0.2) is 25.2 Å². The van der Waals surface area contributed by atoms with Gasteiger partial charge in [-0.3, -0.25) is 4.40 Å². The molecule has 4 rings (SSSR count). The lowest BCUT2D eigenvalue weighted by molar-refractivity contribution is 0.601. The van der Waals surface area contributed by atoms with E-state index in [1.807, 2.05) is 65.2 Å². The average molecular weight is 368 g/mol. The first-order valence-electron chi connectivity index (χ1n) is 7.66. The molecular weight excluding hydrogens is 354 g/mol. The maximum Gasteiger partial charge on any atom is 0.234 e. The van der Waals surface area contributed by atoms with Crippen molar-refractivity contribution in [3.63, 3.8) is 0 Å². The number of hydrogen-bond donors (Lipinski definition) is 0. The van der Waals surface area contributed by atoms with E-state index in [1.165, 1.54) is 0 Å². The Morgan fingerprint density at radius 3 is 2.36 bits per heavy atom. The lowest BCUT2D eigenvalue weighted by Crippen LogP contribution is -1.96. The molecule has 0 fully saturated rings. The highest BCUT2D eigenvalue weighted by Crippen LogP contribution is 2.33. The summed E-state index contributed by atoms with van der Waals surface area (Å²) in [6.45, 7) is 0. The van der Waals surface area contributed by atoms with Gasteiger partial charge in [0.25, 0.3) is 0 Å². The highest BCUT2D eigenvalue weighted by molar-refractivity contribution is 7.90. The van der Waals surface area contributed by atoms with Crippen molar-refractivity contribution in [1.82, 2.24) is 14.4 Å². The van der Waals surface area contributed by atoms with Crippen molar-refractivity contribution in [2.45, 2.75) is 4.90 Å². The zero-order valence-electron chi connectivity index (χ0n) is 13.4. The monoisotopic (exact) mass is 367 g/mol. The van der Waals surface area contributed by atoms with Gasteiger partial charge in [-0.2, -0.15) is 0 Å². The summed E-state index contributed by atoms with van der Waals surface area (Å²) in [5.74, 6) is 0.630. The molecule has 0 aliphatic rings. The molecule has 0 aliphatic carbocycles. The number of fused-ring (bicyclic) bond motifs is 1. The molecule has 0 saturated carbocycles. The Kier molecular flexibility index (Phi) is 4.21. The Bertz CT molecular complexity index is 1030. The van der Waals surface area contributed by atoms with Gasteiger partial charge in [0.1, 0.15) is 6.26 Å². The van der Waals surface area contributed by atoms with Crippen LogP contribution in [0.15, 0.2) is 71.9 Å². The maximum atomic E-state index is 11.6. The van der Waals surface area contributed by atoms with Gasteiger partial charge in [0.05, 0.1) is 11.4 Å². The third-order valence-electron chi connectivity index (χ3n) is 3.98. The standard InChI is InChI=1S/C19H14ClN3OS/c1-25(24)16-9-5-13(6-10-16)17-18(14-3-7-15(20)8-4-14)23-12-2-11-21-19(23)22-17/h2-12H,1H3. The largest absolute Gasteiger partial charge is 0.612 e. The van der Waals surface area contributed by atoms with E-state index in [9.17, 15) is 4.55 Å². The van der Waals surface area contributed by atoms with Crippen molar-refractivity contribution in [2.75, 3.05) is 6.26 Å². The Labute approximate surface area is 153 Å². The van der Waals surface area contributed by atoms with E-state index in [0.717, 1.165) is 27.4 Å². The fraction of sp³-hybridized carbons (Fsp3) is 0.0526. The second-order valence-corrected chi connectivity index (χ2v) is 7.40. The van der Waals surface area contributed by atoms with Gasteiger partial charge in [0.2, 0.25) is 5.78 Å². The summed E-state index contributed by atoms with van der Waals surface area (Å²) in [7, 11) is 0. The number of imidazole rings is 1. The molecule has 0 saturated heterocycles. The SMILES string of the molecule is C[S+]([O-])c1ccc(-c2nc3ncccn3c2-c2ccc(Cl)cc2)cc1. The number of aromatic nitrogens is 3. The van der Waals surface area contributed by atoms with Crippen LogP contribution >= 0.6 is 11.6 Å². The summed E-state index contributed by atoms with van der Waals surface area (Å²) in [6.07, 6.45) is 5.34. The molecule has 2 heterocycles. The number of benzene rings is 2. The minimum Gasteiger partial charge on any atom is -0.612 e. The van der Waals surface area contributed by atoms with Gasteiger partial charge in [-0.05, 0) is 53.6 Å². The van der Waals surface area contributed by atoms with Crippen LogP contribution in [0.2, 0.25) is 5.02 Å². The minimum atomic E-state index is -1.00. The zero-order valence-corrected chi connectivity index (χ0v) is 15.0. The van der Waals surface area contributed by atoms with Gasteiger partial charge in [-0.25, -0.2) is 9.97 Å². The molecule has 1 atom stereocenters. The van der Waals surface area contributed by atoms with Gasteiger partial charge >= 0.3 is 0 Å². The van der Waals surface area contributed by atoms with Crippen LogP contribution in [0.25, 0.3) is 28.3 Å². The Morgan fingerprint density at radius 2 is 1.68 bits per heavy atom. The van der Waals surface area contributed by atoms with E-state index in [0.29, 0.717) is 10.8 Å². The van der Waals surface area contributed by atoms with Gasteiger partial charge < -0.3 is 4.55 Å². The molecule has 124 valence electrons. The first-order chi connectivity index (χ1) is 12.1. The van der Waals surface area contributed by atoms with Gasteiger partial charge in [0, 0.05) is 28.5 Å². The van der Waals surface area contributed by atoms with Crippen molar-refractivity contribution >= 4 is 28.6 Å². The lowest BCUT2D eigenvalue weighted by Gasteiger charge is -2.07. The Hall–Kier alpha value is -2.34. The quantitative estimate of drug-likeness (QED) is 0.502. The highest BCUT2D eigenvalue weighted by atomic mass is 35.5. The predicted octanol–water partition coefficient (Wildman–Crippen LogP) is 4.45. The summed E-state index contributed by atoms with van der Waals surface area (Å²) < 4.78 is 13.6. The molecule has 4 aromatic rings. The molecule has 25 heavy (non-hydrogen) atoms. The minimum absolute atomic E-state index is 0.630. The third-order valence-corrected chi connectivity index (χ3v) is 5.17. The van der Waals surface area contributed by atoms with Crippen LogP contribution in [0.3, 0.4) is 0 Å². The van der Waals surface area contributed by atoms with Gasteiger partial charge in [-0.15, -0.1) is 0 Å². The van der Waals surface area contributed by atoms with Crippen LogP contribution in [0.5, 0.6) is 0 Å². The third kappa shape index (κ3) is 3.02. The predicted molar refractivity (Wildman–Crippen MR) is 101 cm³/mol. The fourth-order valence-electron chi connectivity index (χ4n) is 2.78. The molecule has 6 heteroatoms. The molecule has 4 nitrogen and oxygen atoms in total. The molecule has 0 N–H and O–H groups in total. The zero-order chi connectivity index (χ0) is 17.4. The maximum absolute atomic E-state index is 11.6. The topological polar surface area (TPSA) is 53.2 Å². The first-order valence-corrected chi connectivity index (χ1v) is 9.60. The smallest absolute Gasteiger partial charge is 0.234 e. The van der Waals surface area contributed by atoms with E-state index in [-0.39, 0.29) is 0 Å². The normalized spacial score (nSPS) is 12.4. The van der Waals surface area contributed by atoms with E-state index in [4.69, 9.17) is 16.6 Å². The molecule has 2 aromatic heterocycles. The summed E-state index contributed by atoms with van der Waals surface area (Å²) in [5.41, 5.74) is 3.73. The summed E-state index contributed by atoms with van der Waals surface area (Å²) >= 11 is 5.03. The summed E-state index contributed by atoms with van der Waals surface area (Å²) in [5, 5.41) is 0.687. The molecule has 1 unspecified atom stereocenters. The first kappa shape index (κ1) is 16.1. The van der Waals surface area contributed by atoms with Crippen molar-refractivity contribution in [1.29, 1.82) is 0 Å². The van der Waals surface area contributed by atoms with Crippen LogP contribution in [0, 0.1) is 0 Å². The molecule has 0 aliphatic heterocycles. The van der Waals surface area contributed by atoms with Crippen LogP contribution in [-0.2, 0) is 11.2 Å². The van der Waals surface area contributed by atoms with Crippen molar-refractivity contribution in [2.24, 2.45) is 0 Å². The van der Waals surface area contributed by atoms with Crippen LogP contribution in [0.4, 0.5) is 0 Å². The average Bonchev–Trinajstić information content (AvgIpc) is 3.02. The Morgan fingerprint density at radius 1 is 1.00 bits per heavy atom. The molecule has 2 aromatic carbocycles. The Balaban J connectivity index is 1.94. The van der Waals surface area contributed by atoms with Crippen molar-refractivity contribution < 1.29 is 4.55 Å². The summed E-state index contributed by atoms with van der Waals surface area (Å²) in [6, 6.07) is 17.2. The lowest BCUT2D eigenvalue weighted by atomic mass is 10.0. The molecular formula is C19H14ClN3OS. The van der Waals surface area contributed by atoms with Crippen molar-refractivity contribution in [3.8, 4) is 22.5 Å². The van der Waals surface area contributed by atoms with E-state index < -0.39 is 11.2 Å². The second kappa shape index (κ2) is 6.52. The highest BCUT2D eigenvalue weighted by Gasteiger charge is 2.17. The molecule has 0 bridgehead atoms.